The van der Waals surface area contributed by atoms with Gasteiger partial charge in [0.05, 0.1) is 23.1 Å². The number of fused-ring (bicyclic) bond motifs is 1. The van der Waals surface area contributed by atoms with Crippen molar-refractivity contribution in [3.05, 3.63) is 64.9 Å². The number of hydrogen-bond donors (Lipinski definition) is 1. The van der Waals surface area contributed by atoms with Crippen LogP contribution in [0.5, 0.6) is 0 Å². The first-order chi connectivity index (χ1) is 9.75. The van der Waals surface area contributed by atoms with Crippen molar-refractivity contribution in [3.8, 4) is 0 Å². The zero-order valence-electron chi connectivity index (χ0n) is 10.4. The van der Waals surface area contributed by atoms with Crippen LogP contribution in [0, 0.1) is 10.1 Å². The van der Waals surface area contributed by atoms with Crippen LogP contribution in [0.15, 0.2) is 53.4 Å². The molecular weight excluding hydrogens is 258 g/mol. The number of nitrogens with one attached hydrogen (secondary N) is 1. The van der Waals surface area contributed by atoms with E-state index in [1.807, 2.05) is 12.1 Å². The van der Waals surface area contributed by atoms with E-state index in [0.29, 0.717) is 17.3 Å². The van der Waals surface area contributed by atoms with E-state index in [9.17, 15) is 10.1 Å². The summed E-state index contributed by atoms with van der Waals surface area (Å²) in [7, 11) is 0. The number of furan rings is 1. The Morgan fingerprint density at radius 2 is 2.15 bits per heavy atom. The second-order valence-corrected chi connectivity index (χ2v) is 4.24. The number of nitro benzene ring substituents is 1. The van der Waals surface area contributed by atoms with Gasteiger partial charge in [-0.3, -0.25) is 15.1 Å². The molecule has 1 aromatic carbocycles. The Morgan fingerprint density at radius 3 is 2.90 bits per heavy atom. The SMILES string of the molecule is O=[N+]([O-])c1ccc(NCc2ccco2)c2cnccc12. The second-order valence-electron chi connectivity index (χ2n) is 4.24. The highest BCUT2D eigenvalue weighted by atomic mass is 16.6. The normalized spacial score (nSPS) is 10.6. The Morgan fingerprint density at radius 1 is 1.25 bits per heavy atom. The van der Waals surface area contributed by atoms with Gasteiger partial charge in [-0.25, -0.2) is 0 Å². The molecule has 0 aliphatic heterocycles. The third-order valence-electron chi connectivity index (χ3n) is 3.02. The molecule has 6 heteroatoms. The number of nitro groups is 1. The molecule has 0 fully saturated rings. The second kappa shape index (κ2) is 5.00. The first-order valence-corrected chi connectivity index (χ1v) is 6.03. The molecule has 100 valence electrons. The average molecular weight is 269 g/mol. The number of rotatable bonds is 4. The third-order valence-corrected chi connectivity index (χ3v) is 3.02. The Labute approximate surface area is 114 Å². The van der Waals surface area contributed by atoms with Crippen LogP contribution < -0.4 is 5.32 Å². The van der Waals surface area contributed by atoms with Crippen molar-refractivity contribution in [2.75, 3.05) is 5.32 Å². The van der Waals surface area contributed by atoms with Gasteiger partial charge in [0.2, 0.25) is 0 Å². The van der Waals surface area contributed by atoms with Gasteiger partial charge in [-0.1, -0.05) is 0 Å². The topological polar surface area (TPSA) is 81.2 Å². The average Bonchev–Trinajstić information content (AvgIpc) is 2.97. The lowest BCUT2D eigenvalue weighted by Gasteiger charge is -2.08. The molecule has 0 amide bonds. The summed E-state index contributed by atoms with van der Waals surface area (Å²) in [6.07, 6.45) is 4.77. The number of pyridine rings is 1. The van der Waals surface area contributed by atoms with Crippen molar-refractivity contribution in [3.63, 3.8) is 0 Å². The van der Waals surface area contributed by atoms with Gasteiger partial charge in [0.25, 0.3) is 5.69 Å². The molecule has 2 aromatic heterocycles. The number of anilines is 1. The molecule has 0 aliphatic carbocycles. The van der Waals surface area contributed by atoms with Gasteiger partial charge in [-0.05, 0) is 24.3 Å². The number of hydrogen-bond acceptors (Lipinski definition) is 5. The number of benzene rings is 1. The van der Waals surface area contributed by atoms with Gasteiger partial charge < -0.3 is 9.73 Å². The van der Waals surface area contributed by atoms with Gasteiger partial charge in [-0.15, -0.1) is 0 Å². The number of aromatic nitrogens is 1. The summed E-state index contributed by atoms with van der Waals surface area (Å²) < 4.78 is 5.24. The summed E-state index contributed by atoms with van der Waals surface area (Å²) in [5.41, 5.74) is 0.862. The minimum atomic E-state index is -0.390. The van der Waals surface area contributed by atoms with Crippen LogP contribution in [0.1, 0.15) is 5.76 Å². The largest absolute Gasteiger partial charge is 0.467 e. The van der Waals surface area contributed by atoms with E-state index < -0.39 is 4.92 Å². The van der Waals surface area contributed by atoms with Crippen LogP contribution in [0.3, 0.4) is 0 Å². The Bertz CT molecular complexity index is 753. The van der Waals surface area contributed by atoms with Crippen molar-refractivity contribution in [1.82, 2.24) is 4.98 Å². The summed E-state index contributed by atoms with van der Waals surface area (Å²) >= 11 is 0. The molecule has 0 radical (unpaired) electrons. The maximum Gasteiger partial charge on any atom is 0.277 e. The van der Waals surface area contributed by atoms with Crippen molar-refractivity contribution in [2.45, 2.75) is 6.54 Å². The minimum absolute atomic E-state index is 0.0750. The predicted octanol–water partition coefficient (Wildman–Crippen LogP) is 3.35. The van der Waals surface area contributed by atoms with Gasteiger partial charge in [0.1, 0.15) is 5.76 Å². The molecular formula is C14H11N3O3. The summed E-state index contributed by atoms with van der Waals surface area (Å²) in [6, 6.07) is 8.49. The molecule has 1 N–H and O–H groups in total. The van der Waals surface area contributed by atoms with Crippen LogP contribution in [-0.4, -0.2) is 9.91 Å². The first-order valence-electron chi connectivity index (χ1n) is 6.03. The van der Waals surface area contributed by atoms with Gasteiger partial charge in [0, 0.05) is 29.5 Å². The molecule has 0 saturated heterocycles. The molecule has 0 unspecified atom stereocenters. The highest BCUT2D eigenvalue weighted by molar-refractivity contribution is 5.99. The van der Waals surface area contributed by atoms with Gasteiger partial charge >= 0.3 is 0 Å². The number of nitrogens with zero attached hydrogens (tertiary/aromatic N) is 2. The standard InChI is InChI=1S/C14H11N3O3/c18-17(19)14-4-3-13(12-9-15-6-5-11(12)14)16-8-10-2-1-7-20-10/h1-7,9,16H,8H2. The first kappa shape index (κ1) is 12.2. The quantitative estimate of drug-likeness (QED) is 0.580. The number of non-ortho nitro benzene ring substituents is 1. The van der Waals surface area contributed by atoms with Gasteiger partial charge in [0.15, 0.2) is 0 Å². The lowest BCUT2D eigenvalue weighted by Crippen LogP contribution is -2.00. The molecule has 20 heavy (non-hydrogen) atoms. The Hall–Kier alpha value is -2.89. The van der Waals surface area contributed by atoms with Gasteiger partial charge in [-0.2, -0.15) is 0 Å². The van der Waals surface area contributed by atoms with E-state index in [2.05, 4.69) is 10.3 Å². The summed E-state index contributed by atoms with van der Waals surface area (Å²) in [5, 5.41) is 15.5. The van der Waals surface area contributed by atoms with Crippen molar-refractivity contribution in [1.29, 1.82) is 0 Å². The van der Waals surface area contributed by atoms with Crippen molar-refractivity contribution >= 4 is 22.1 Å². The van der Waals surface area contributed by atoms with E-state index in [4.69, 9.17) is 4.42 Å². The van der Waals surface area contributed by atoms with Crippen molar-refractivity contribution < 1.29 is 9.34 Å². The highest BCUT2D eigenvalue weighted by Crippen LogP contribution is 2.30. The van der Waals surface area contributed by atoms with E-state index in [-0.39, 0.29) is 5.69 Å². The molecule has 6 nitrogen and oxygen atoms in total. The lowest BCUT2D eigenvalue weighted by molar-refractivity contribution is -0.383. The smallest absolute Gasteiger partial charge is 0.277 e. The monoisotopic (exact) mass is 269 g/mol. The zero-order valence-corrected chi connectivity index (χ0v) is 10.4. The summed E-state index contributed by atoms with van der Waals surface area (Å²) in [4.78, 5) is 14.7. The minimum Gasteiger partial charge on any atom is -0.467 e. The molecule has 3 aromatic rings. The van der Waals surface area contributed by atoms with E-state index in [1.165, 1.54) is 6.07 Å². The van der Waals surface area contributed by atoms with Crippen LogP contribution in [0.25, 0.3) is 10.8 Å². The van der Waals surface area contributed by atoms with Crippen LogP contribution in [0.4, 0.5) is 11.4 Å². The Balaban J connectivity index is 1.99. The predicted molar refractivity (Wildman–Crippen MR) is 74.4 cm³/mol. The van der Waals surface area contributed by atoms with E-state index >= 15 is 0 Å². The molecule has 0 spiro atoms. The van der Waals surface area contributed by atoms with Crippen LogP contribution >= 0.6 is 0 Å². The maximum atomic E-state index is 11.0. The Kier molecular flexibility index (Phi) is 3.04. The zero-order chi connectivity index (χ0) is 13.9. The molecule has 3 rings (SSSR count). The molecule has 0 aliphatic rings. The fraction of sp³-hybridized carbons (Fsp3) is 0.0714. The molecule has 0 bridgehead atoms. The summed E-state index contributed by atoms with van der Waals surface area (Å²) in [5.74, 6) is 0.792. The molecule has 2 heterocycles. The van der Waals surface area contributed by atoms with E-state index in [1.54, 1.807) is 30.8 Å². The third kappa shape index (κ3) is 2.18. The fourth-order valence-electron chi connectivity index (χ4n) is 2.08. The highest BCUT2D eigenvalue weighted by Gasteiger charge is 2.14. The van der Waals surface area contributed by atoms with Crippen molar-refractivity contribution in [2.24, 2.45) is 0 Å². The fourth-order valence-corrected chi connectivity index (χ4v) is 2.08. The van der Waals surface area contributed by atoms with E-state index in [0.717, 1.165) is 11.4 Å². The lowest BCUT2D eigenvalue weighted by atomic mass is 10.1. The maximum absolute atomic E-state index is 11.0. The summed E-state index contributed by atoms with van der Waals surface area (Å²) in [6.45, 7) is 0.509. The molecule has 0 atom stereocenters. The molecule has 0 saturated carbocycles. The van der Waals surface area contributed by atoms with Crippen LogP contribution in [-0.2, 0) is 6.54 Å². The van der Waals surface area contributed by atoms with Crippen LogP contribution in [0.2, 0.25) is 0 Å².